The zero-order valence-electron chi connectivity index (χ0n) is 13.3. The van der Waals surface area contributed by atoms with Crippen molar-refractivity contribution in [3.8, 4) is 17.7 Å². The molecular weight excluding hydrogens is 296 g/mol. The van der Waals surface area contributed by atoms with Crippen LogP contribution >= 0.6 is 0 Å². The quantitative estimate of drug-likeness (QED) is 0.633. The minimum atomic E-state index is -0.525. The maximum atomic E-state index is 10.9. The zero-order chi connectivity index (χ0) is 17.2. The van der Waals surface area contributed by atoms with Gasteiger partial charge in [-0.3, -0.25) is 10.1 Å². The second-order valence-electron chi connectivity index (χ2n) is 6.07. The first kappa shape index (κ1) is 16.4. The number of ether oxygens (including phenoxy) is 1. The normalized spacial score (nSPS) is 10.9. The van der Waals surface area contributed by atoms with Gasteiger partial charge in [-0.15, -0.1) is 0 Å². The van der Waals surface area contributed by atoms with Crippen LogP contribution in [-0.4, -0.2) is 14.9 Å². The molecular formula is C16H16N4O3. The van der Waals surface area contributed by atoms with Crippen LogP contribution in [0.15, 0.2) is 24.4 Å². The molecule has 0 N–H and O–H groups in total. The monoisotopic (exact) mass is 312 g/mol. The van der Waals surface area contributed by atoms with Crippen molar-refractivity contribution in [2.24, 2.45) is 0 Å². The summed E-state index contributed by atoms with van der Waals surface area (Å²) in [6.45, 7) is 7.52. The van der Waals surface area contributed by atoms with Crippen LogP contribution in [0.2, 0.25) is 0 Å². The number of aromatic nitrogens is 2. The molecule has 7 heteroatoms. The average molecular weight is 312 g/mol. The lowest BCUT2D eigenvalue weighted by molar-refractivity contribution is -0.385. The number of nitro benzene ring substituents is 1. The van der Waals surface area contributed by atoms with Gasteiger partial charge in [0.15, 0.2) is 0 Å². The van der Waals surface area contributed by atoms with Gasteiger partial charge in [0, 0.05) is 29.3 Å². The SMILES string of the molecule is Cc1cc(Oc2ccnc(C(C)(C)C)n2)c(C#N)cc1[N+](=O)[O-]. The number of nitrogens with zero attached hydrogens (tertiary/aromatic N) is 4. The lowest BCUT2D eigenvalue weighted by Gasteiger charge is -2.17. The molecule has 1 aromatic heterocycles. The van der Waals surface area contributed by atoms with E-state index in [2.05, 4.69) is 9.97 Å². The topological polar surface area (TPSA) is 102 Å². The summed E-state index contributed by atoms with van der Waals surface area (Å²) in [5.74, 6) is 1.12. The summed E-state index contributed by atoms with van der Waals surface area (Å²) in [4.78, 5) is 19.0. The van der Waals surface area contributed by atoms with Crippen LogP contribution in [0.25, 0.3) is 0 Å². The zero-order valence-corrected chi connectivity index (χ0v) is 13.3. The second kappa shape index (κ2) is 6.01. The summed E-state index contributed by atoms with van der Waals surface area (Å²) >= 11 is 0. The van der Waals surface area contributed by atoms with Gasteiger partial charge < -0.3 is 4.74 Å². The van der Waals surface area contributed by atoms with Gasteiger partial charge in [-0.25, -0.2) is 4.98 Å². The van der Waals surface area contributed by atoms with Gasteiger partial charge in [0.05, 0.1) is 4.92 Å². The molecule has 0 aliphatic carbocycles. The highest BCUT2D eigenvalue weighted by Gasteiger charge is 2.20. The molecule has 0 saturated heterocycles. The number of hydrogen-bond acceptors (Lipinski definition) is 6. The molecule has 0 saturated carbocycles. The molecule has 0 radical (unpaired) electrons. The standard InChI is InChI=1S/C16H16N4O3/c1-10-7-13(11(9-17)8-12(10)20(21)22)23-14-5-6-18-15(19-14)16(2,3)4/h5-8H,1-4H3. The van der Waals surface area contributed by atoms with Crippen molar-refractivity contribution in [2.75, 3.05) is 0 Å². The van der Waals surface area contributed by atoms with Crippen LogP contribution in [0, 0.1) is 28.4 Å². The molecule has 0 spiro atoms. The Balaban J connectivity index is 2.43. The summed E-state index contributed by atoms with van der Waals surface area (Å²) in [5, 5.41) is 20.1. The first-order valence-electron chi connectivity index (χ1n) is 6.93. The van der Waals surface area contributed by atoms with E-state index in [1.54, 1.807) is 19.2 Å². The fourth-order valence-electron chi connectivity index (χ4n) is 1.91. The third kappa shape index (κ3) is 3.61. The van der Waals surface area contributed by atoms with E-state index in [0.29, 0.717) is 11.4 Å². The minimum absolute atomic E-state index is 0.0817. The summed E-state index contributed by atoms with van der Waals surface area (Å²) < 4.78 is 5.66. The highest BCUT2D eigenvalue weighted by Crippen LogP contribution is 2.31. The first-order chi connectivity index (χ1) is 10.7. The molecule has 0 aliphatic heterocycles. The fourth-order valence-corrected chi connectivity index (χ4v) is 1.91. The molecule has 0 bridgehead atoms. The van der Waals surface area contributed by atoms with Crippen molar-refractivity contribution in [2.45, 2.75) is 33.1 Å². The first-order valence-corrected chi connectivity index (χ1v) is 6.93. The third-order valence-electron chi connectivity index (χ3n) is 3.13. The van der Waals surface area contributed by atoms with E-state index in [0.717, 1.165) is 0 Å². The Bertz CT molecular complexity index is 804. The smallest absolute Gasteiger partial charge is 0.273 e. The molecule has 1 heterocycles. The van der Waals surface area contributed by atoms with Crippen molar-refractivity contribution in [3.63, 3.8) is 0 Å². The highest BCUT2D eigenvalue weighted by molar-refractivity contribution is 5.55. The molecule has 2 aromatic rings. The van der Waals surface area contributed by atoms with E-state index in [1.807, 2.05) is 26.8 Å². The Labute approximate surface area is 133 Å². The Morgan fingerprint density at radius 2 is 2.04 bits per heavy atom. The minimum Gasteiger partial charge on any atom is -0.438 e. The van der Waals surface area contributed by atoms with Crippen LogP contribution in [-0.2, 0) is 5.41 Å². The number of nitro groups is 1. The molecule has 0 atom stereocenters. The number of rotatable bonds is 3. The Morgan fingerprint density at radius 1 is 1.35 bits per heavy atom. The van der Waals surface area contributed by atoms with Gasteiger partial charge in [0.2, 0.25) is 5.88 Å². The van der Waals surface area contributed by atoms with Crippen LogP contribution in [0.3, 0.4) is 0 Å². The van der Waals surface area contributed by atoms with Gasteiger partial charge in [0.25, 0.3) is 5.69 Å². The van der Waals surface area contributed by atoms with Gasteiger partial charge in [-0.1, -0.05) is 20.8 Å². The average Bonchev–Trinajstić information content (AvgIpc) is 2.46. The molecule has 0 amide bonds. The lowest BCUT2D eigenvalue weighted by Crippen LogP contribution is -2.15. The maximum Gasteiger partial charge on any atom is 0.273 e. The largest absolute Gasteiger partial charge is 0.438 e. The number of nitriles is 1. The molecule has 7 nitrogen and oxygen atoms in total. The van der Waals surface area contributed by atoms with Crippen molar-refractivity contribution in [3.05, 3.63) is 51.5 Å². The second-order valence-corrected chi connectivity index (χ2v) is 6.07. The maximum absolute atomic E-state index is 10.9. The third-order valence-corrected chi connectivity index (χ3v) is 3.13. The van der Waals surface area contributed by atoms with Crippen molar-refractivity contribution < 1.29 is 9.66 Å². The number of benzene rings is 1. The number of hydrogen-bond donors (Lipinski definition) is 0. The molecule has 23 heavy (non-hydrogen) atoms. The predicted octanol–water partition coefficient (Wildman–Crippen LogP) is 3.65. The van der Waals surface area contributed by atoms with E-state index >= 15 is 0 Å². The van der Waals surface area contributed by atoms with E-state index in [-0.39, 0.29) is 28.3 Å². The summed E-state index contributed by atoms with van der Waals surface area (Å²) in [6, 6.07) is 6.16. The van der Waals surface area contributed by atoms with Gasteiger partial charge in [0.1, 0.15) is 23.2 Å². The van der Waals surface area contributed by atoms with Gasteiger partial charge >= 0.3 is 0 Å². The summed E-state index contributed by atoms with van der Waals surface area (Å²) in [6.07, 6.45) is 1.58. The Hall–Kier alpha value is -3.01. The van der Waals surface area contributed by atoms with Gasteiger partial charge in [-0.2, -0.15) is 10.2 Å². The molecule has 118 valence electrons. The molecule has 0 unspecified atom stereocenters. The van der Waals surface area contributed by atoms with E-state index in [1.165, 1.54) is 12.1 Å². The lowest BCUT2D eigenvalue weighted by atomic mass is 9.96. The molecule has 1 aromatic carbocycles. The Kier molecular flexibility index (Phi) is 4.27. The van der Waals surface area contributed by atoms with Crippen molar-refractivity contribution in [1.29, 1.82) is 5.26 Å². The van der Waals surface area contributed by atoms with Crippen LogP contribution < -0.4 is 4.74 Å². The van der Waals surface area contributed by atoms with Crippen molar-refractivity contribution >= 4 is 5.69 Å². The molecule has 0 fully saturated rings. The van der Waals surface area contributed by atoms with Crippen LogP contribution in [0.4, 0.5) is 5.69 Å². The van der Waals surface area contributed by atoms with E-state index < -0.39 is 4.92 Å². The number of aryl methyl sites for hydroxylation is 1. The van der Waals surface area contributed by atoms with E-state index in [4.69, 9.17) is 4.74 Å². The predicted molar refractivity (Wildman–Crippen MR) is 83.4 cm³/mol. The van der Waals surface area contributed by atoms with E-state index in [9.17, 15) is 15.4 Å². The Morgan fingerprint density at radius 3 is 2.61 bits per heavy atom. The highest BCUT2D eigenvalue weighted by atomic mass is 16.6. The van der Waals surface area contributed by atoms with Crippen LogP contribution in [0.5, 0.6) is 11.6 Å². The summed E-state index contributed by atoms with van der Waals surface area (Å²) in [7, 11) is 0. The van der Waals surface area contributed by atoms with Crippen molar-refractivity contribution in [1.82, 2.24) is 9.97 Å². The summed E-state index contributed by atoms with van der Waals surface area (Å²) in [5.41, 5.74) is 0.127. The van der Waals surface area contributed by atoms with Crippen LogP contribution in [0.1, 0.15) is 37.7 Å². The molecule has 2 rings (SSSR count). The van der Waals surface area contributed by atoms with Gasteiger partial charge in [-0.05, 0) is 13.0 Å². The fraction of sp³-hybridized carbons (Fsp3) is 0.312. The molecule has 0 aliphatic rings.